The van der Waals surface area contributed by atoms with E-state index in [0.29, 0.717) is 48.9 Å². The van der Waals surface area contributed by atoms with Crippen LogP contribution in [-0.4, -0.2) is 67.9 Å². The second-order valence-corrected chi connectivity index (χ2v) is 12.1. The zero-order valence-electron chi connectivity index (χ0n) is 22.5. The smallest absolute Gasteiger partial charge is 0.254 e. The Kier molecular flexibility index (Phi) is 8.82. The molecule has 3 aromatic rings. The number of hydrogen-bond donors (Lipinski definition) is 0. The molecule has 40 heavy (non-hydrogen) atoms. The summed E-state index contributed by atoms with van der Waals surface area (Å²) in [5, 5.41) is -0.0868. The van der Waals surface area contributed by atoms with Gasteiger partial charge in [0.15, 0.2) is 0 Å². The molecule has 0 bridgehead atoms. The van der Waals surface area contributed by atoms with Gasteiger partial charge in [0, 0.05) is 25.3 Å². The van der Waals surface area contributed by atoms with Crippen molar-refractivity contribution in [2.24, 2.45) is 0 Å². The molecule has 2 atom stereocenters. The maximum Gasteiger partial charge on any atom is 0.254 e. The Morgan fingerprint density at radius 3 is 2.35 bits per heavy atom. The molecule has 9 nitrogen and oxygen atoms in total. The SMILES string of the molecule is COc1ccc(C(=O)N(Cc2cnc(S(=O)(=O)Cc3ccc(F)cc3)n2CC2CCCO2)CC2CCCO2)cc1. The van der Waals surface area contributed by atoms with E-state index in [1.54, 1.807) is 40.8 Å². The van der Waals surface area contributed by atoms with E-state index in [1.165, 1.54) is 30.5 Å². The van der Waals surface area contributed by atoms with Crippen LogP contribution in [0.3, 0.4) is 0 Å². The molecule has 5 rings (SSSR count). The average molecular weight is 572 g/mol. The first-order valence-corrected chi connectivity index (χ1v) is 15.2. The van der Waals surface area contributed by atoms with E-state index in [1.807, 2.05) is 0 Å². The van der Waals surface area contributed by atoms with E-state index in [2.05, 4.69) is 4.98 Å². The summed E-state index contributed by atoms with van der Waals surface area (Å²) >= 11 is 0. The number of amides is 1. The second-order valence-electron chi connectivity index (χ2n) is 10.2. The Balaban J connectivity index is 1.46. The summed E-state index contributed by atoms with van der Waals surface area (Å²) in [6.45, 7) is 2.09. The number of halogens is 1. The summed E-state index contributed by atoms with van der Waals surface area (Å²) in [5.41, 5.74) is 1.55. The van der Waals surface area contributed by atoms with E-state index in [0.717, 1.165) is 25.7 Å². The highest BCUT2D eigenvalue weighted by Gasteiger charge is 2.30. The number of rotatable bonds is 11. The monoisotopic (exact) mass is 571 g/mol. The van der Waals surface area contributed by atoms with E-state index < -0.39 is 15.7 Å². The summed E-state index contributed by atoms with van der Waals surface area (Å²) in [6, 6.07) is 12.3. The van der Waals surface area contributed by atoms with Crippen molar-refractivity contribution in [1.82, 2.24) is 14.5 Å². The molecule has 0 radical (unpaired) electrons. The molecule has 2 aliphatic rings. The van der Waals surface area contributed by atoms with Gasteiger partial charge in [-0.05, 0) is 67.6 Å². The van der Waals surface area contributed by atoms with Gasteiger partial charge < -0.3 is 23.7 Å². The number of imidazole rings is 1. The summed E-state index contributed by atoms with van der Waals surface area (Å²) < 4.78 is 59.1. The fourth-order valence-electron chi connectivity index (χ4n) is 5.18. The number of carbonyl (C=O) groups excluding carboxylic acids is 1. The highest BCUT2D eigenvalue weighted by atomic mass is 32.2. The number of hydrogen-bond acceptors (Lipinski definition) is 7. The van der Waals surface area contributed by atoms with Crippen LogP contribution in [0.15, 0.2) is 59.9 Å². The summed E-state index contributed by atoms with van der Waals surface area (Å²) in [7, 11) is -2.32. The minimum absolute atomic E-state index is 0.0868. The number of ether oxygens (including phenoxy) is 3. The maximum absolute atomic E-state index is 13.7. The minimum Gasteiger partial charge on any atom is -0.497 e. The number of nitrogens with zero attached hydrogens (tertiary/aromatic N) is 3. The van der Waals surface area contributed by atoms with Crippen molar-refractivity contribution >= 4 is 15.7 Å². The molecule has 0 N–H and O–H groups in total. The van der Waals surface area contributed by atoms with E-state index in [-0.39, 0.29) is 35.6 Å². The summed E-state index contributed by atoms with van der Waals surface area (Å²) in [4.78, 5) is 19.7. The normalized spacial score (nSPS) is 19.1. The van der Waals surface area contributed by atoms with Crippen LogP contribution in [0, 0.1) is 5.82 Å². The van der Waals surface area contributed by atoms with Crippen LogP contribution in [0.1, 0.15) is 47.3 Å². The number of sulfone groups is 1. The van der Waals surface area contributed by atoms with Crippen molar-refractivity contribution in [1.29, 1.82) is 0 Å². The van der Waals surface area contributed by atoms with Crippen LogP contribution in [0.4, 0.5) is 4.39 Å². The van der Waals surface area contributed by atoms with Crippen molar-refractivity contribution in [2.45, 2.75) is 61.9 Å². The average Bonchev–Trinajstić information content (AvgIpc) is 3.73. The molecule has 214 valence electrons. The first kappa shape index (κ1) is 28.3. The molecule has 0 aliphatic carbocycles. The maximum atomic E-state index is 13.7. The lowest BCUT2D eigenvalue weighted by Gasteiger charge is -2.27. The van der Waals surface area contributed by atoms with Crippen molar-refractivity contribution < 1.29 is 31.8 Å². The fourth-order valence-corrected chi connectivity index (χ4v) is 6.68. The third-order valence-corrected chi connectivity index (χ3v) is 8.88. The minimum atomic E-state index is -3.88. The van der Waals surface area contributed by atoms with Gasteiger partial charge >= 0.3 is 0 Å². The van der Waals surface area contributed by atoms with Crippen LogP contribution in [0.25, 0.3) is 0 Å². The number of benzene rings is 2. The Morgan fingerprint density at radius 2 is 1.73 bits per heavy atom. The Morgan fingerprint density at radius 1 is 1.05 bits per heavy atom. The van der Waals surface area contributed by atoms with E-state index >= 15 is 0 Å². The molecule has 11 heteroatoms. The van der Waals surface area contributed by atoms with Gasteiger partial charge in [0.05, 0.1) is 50.1 Å². The second kappa shape index (κ2) is 12.5. The van der Waals surface area contributed by atoms with Gasteiger partial charge in [-0.25, -0.2) is 17.8 Å². The predicted molar refractivity (Wildman–Crippen MR) is 145 cm³/mol. The quantitative estimate of drug-likeness (QED) is 0.343. The van der Waals surface area contributed by atoms with E-state index in [4.69, 9.17) is 14.2 Å². The van der Waals surface area contributed by atoms with Crippen LogP contribution in [0.2, 0.25) is 0 Å². The Bertz CT molecular complexity index is 1400. The van der Waals surface area contributed by atoms with Gasteiger partial charge in [-0.2, -0.15) is 0 Å². The van der Waals surface area contributed by atoms with Gasteiger partial charge in [-0.3, -0.25) is 4.79 Å². The third-order valence-electron chi connectivity index (χ3n) is 7.28. The highest BCUT2D eigenvalue weighted by Crippen LogP contribution is 2.24. The molecule has 2 saturated heterocycles. The first-order chi connectivity index (χ1) is 19.3. The lowest BCUT2D eigenvalue weighted by molar-refractivity contribution is 0.0496. The topological polar surface area (TPSA) is 100.0 Å². The summed E-state index contributed by atoms with van der Waals surface area (Å²) in [6.07, 6.45) is 4.75. The zero-order valence-corrected chi connectivity index (χ0v) is 23.3. The van der Waals surface area contributed by atoms with E-state index in [9.17, 15) is 17.6 Å². The molecule has 2 aliphatic heterocycles. The van der Waals surface area contributed by atoms with Gasteiger partial charge in [0.2, 0.25) is 15.0 Å². The molecule has 2 aromatic carbocycles. The fraction of sp³-hybridized carbons (Fsp3) is 0.448. The number of aromatic nitrogens is 2. The van der Waals surface area contributed by atoms with Crippen molar-refractivity contribution in [3.8, 4) is 5.75 Å². The zero-order chi connectivity index (χ0) is 28.1. The molecular weight excluding hydrogens is 537 g/mol. The van der Waals surface area contributed by atoms with Crippen molar-refractivity contribution in [3.05, 3.63) is 77.4 Å². The van der Waals surface area contributed by atoms with Crippen LogP contribution < -0.4 is 4.74 Å². The Hall–Kier alpha value is -3.28. The number of carbonyl (C=O) groups is 1. The van der Waals surface area contributed by atoms with Gasteiger partial charge in [0.25, 0.3) is 5.91 Å². The van der Waals surface area contributed by atoms with Gasteiger partial charge in [-0.15, -0.1) is 0 Å². The van der Waals surface area contributed by atoms with Crippen LogP contribution >= 0.6 is 0 Å². The molecule has 2 unspecified atom stereocenters. The molecule has 1 amide bonds. The largest absolute Gasteiger partial charge is 0.497 e. The van der Waals surface area contributed by atoms with Gasteiger partial charge in [0.1, 0.15) is 11.6 Å². The lowest BCUT2D eigenvalue weighted by atomic mass is 10.1. The predicted octanol–water partition coefficient (Wildman–Crippen LogP) is 4.01. The standard InChI is InChI=1S/C29H34FN3O6S/c1-37-25-12-8-22(9-13-25)28(34)32(18-26-4-2-14-38-26)17-24-16-31-29(33(24)19-27-5-3-15-39-27)40(35,36)20-21-6-10-23(30)11-7-21/h6-13,16,26-27H,2-5,14-15,17-20H2,1H3. The van der Waals surface area contributed by atoms with Gasteiger partial charge in [-0.1, -0.05) is 12.1 Å². The first-order valence-electron chi connectivity index (χ1n) is 13.5. The third kappa shape index (κ3) is 6.71. The molecule has 2 fully saturated rings. The molecule has 0 spiro atoms. The molecular formula is C29H34FN3O6S. The molecule has 3 heterocycles. The molecule has 1 aromatic heterocycles. The highest BCUT2D eigenvalue weighted by molar-refractivity contribution is 7.90. The molecule has 0 saturated carbocycles. The Labute approximate surface area is 233 Å². The lowest BCUT2D eigenvalue weighted by Crippen LogP contribution is -2.37. The summed E-state index contributed by atoms with van der Waals surface area (Å²) in [5.74, 6) is -0.303. The van der Waals surface area contributed by atoms with Crippen LogP contribution in [-0.2, 0) is 38.2 Å². The van der Waals surface area contributed by atoms with Crippen molar-refractivity contribution in [3.63, 3.8) is 0 Å². The number of methoxy groups -OCH3 is 1. The van der Waals surface area contributed by atoms with Crippen LogP contribution in [0.5, 0.6) is 5.75 Å². The van der Waals surface area contributed by atoms with Crippen molar-refractivity contribution in [2.75, 3.05) is 26.9 Å².